The van der Waals surface area contributed by atoms with Gasteiger partial charge >= 0.3 is 0 Å². The molecule has 0 aromatic heterocycles. The summed E-state index contributed by atoms with van der Waals surface area (Å²) in [5, 5.41) is 0. The van der Waals surface area contributed by atoms with Crippen LogP contribution in [-0.4, -0.2) is 31.2 Å². The Morgan fingerprint density at radius 1 is 1.18 bits per heavy atom. The average molecular weight is 158 g/mol. The van der Waals surface area contributed by atoms with Gasteiger partial charge in [-0.2, -0.15) is 0 Å². The second-order valence-corrected chi connectivity index (χ2v) is 3.58. The Morgan fingerprint density at radius 3 is 2.64 bits per heavy atom. The molecule has 0 saturated carbocycles. The largest absolute Gasteiger partial charge is 0.379 e. The van der Waals surface area contributed by atoms with Crippen LogP contribution in [0.2, 0.25) is 0 Å². The highest BCUT2D eigenvalue weighted by Crippen LogP contribution is 2.31. The molecule has 0 N–H and O–H groups in total. The van der Waals surface area contributed by atoms with Crippen LogP contribution in [-0.2, 0) is 14.2 Å². The topological polar surface area (TPSA) is 27.7 Å². The molecule has 2 aliphatic rings. The fourth-order valence-electron chi connectivity index (χ4n) is 1.69. The highest BCUT2D eigenvalue weighted by atomic mass is 16.8. The lowest BCUT2D eigenvalue weighted by atomic mass is 10.1. The first-order valence-electron chi connectivity index (χ1n) is 4.11. The summed E-state index contributed by atoms with van der Waals surface area (Å²) in [6.45, 7) is 5.39. The second kappa shape index (κ2) is 2.44. The molecule has 2 unspecified atom stereocenters. The molecule has 2 saturated heterocycles. The van der Waals surface area contributed by atoms with E-state index in [4.69, 9.17) is 14.2 Å². The van der Waals surface area contributed by atoms with Crippen LogP contribution in [0.25, 0.3) is 0 Å². The summed E-state index contributed by atoms with van der Waals surface area (Å²) < 4.78 is 16.5. The first-order valence-corrected chi connectivity index (χ1v) is 4.11. The highest BCUT2D eigenvalue weighted by molar-refractivity contribution is 4.83. The van der Waals surface area contributed by atoms with E-state index in [1.807, 2.05) is 13.8 Å². The van der Waals surface area contributed by atoms with Crippen LogP contribution in [0.15, 0.2) is 0 Å². The summed E-state index contributed by atoms with van der Waals surface area (Å²) in [6, 6.07) is 0. The molecule has 2 rings (SSSR count). The van der Waals surface area contributed by atoms with Gasteiger partial charge in [-0.1, -0.05) is 0 Å². The summed E-state index contributed by atoms with van der Waals surface area (Å²) in [5.41, 5.74) is 0. The molecule has 3 nitrogen and oxygen atoms in total. The maximum atomic E-state index is 5.65. The molecule has 0 bridgehead atoms. The van der Waals surface area contributed by atoms with E-state index in [0.29, 0.717) is 6.61 Å². The smallest absolute Gasteiger partial charge is 0.163 e. The van der Waals surface area contributed by atoms with Crippen molar-refractivity contribution in [2.75, 3.05) is 13.2 Å². The normalized spacial score (nSPS) is 42.0. The van der Waals surface area contributed by atoms with Gasteiger partial charge < -0.3 is 14.2 Å². The minimum absolute atomic E-state index is 0.166. The molecule has 0 radical (unpaired) electrons. The highest BCUT2D eigenvalue weighted by Gasteiger charge is 2.42. The van der Waals surface area contributed by atoms with E-state index in [2.05, 4.69) is 0 Å². The summed E-state index contributed by atoms with van der Waals surface area (Å²) in [5.74, 6) is -0.400. The van der Waals surface area contributed by atoms with Crippen molar-refractivity contribution in [3.63, 3.8) is 0 Å². The molecule has 2 heterocycles. The van der Waals surface area contributed by atoms with Gasteiger partial charge in [0, 0.05) is 6.61 Å². The van der Waals surface area contributed by atoms with Crippen molar-refractivity contribution in [1.29, 1.82) is 0 Å². The molecule has 3 heteroatoms. The van der Waals surface area contributed by atoms with E-state index in [9.17, 15) is 0 Å². The average Bonchev–Trinajstić information content (AvgIpc) is 2.21. The molecular weight excluding hydrogens is 144 g/mol. The predicted octanol–water partition coefficient (Wildman–Crippen LogP) is 0.927. The Balaban J connectivity index is 2.03. The third-order valence-electron chi connectivity index (χ3n) is 2.11. The molecule has 64 valence electrons. The van der Waals surface area contributed by atoms with Gasteiger partial charge in [0.1, 0.15) is 6.10 Å². The zero-order valence-corrected chi connectivity index (χ0v) is 7.00. The zero-order chi connectivity index (χ0) is 7.90. The lowest BCUT2D eigenvalue weighted by molar-refractivity contribution is -0.146. The zero-order valence-electron chi connectivity index (χ0n) is 7.00. The molecule has 0 amide bonds. The molecule has 11 heavy (non-hydrogen) atoms. The Kier molecular flexibility index (Phi) is 1.67. The number of rotatable bonds is 0. The van der Waals surface area contributed by atoms with E-state index in [-0.39, 0.29) is 12.2 Å². The maximum Gasteiger partial charge on any atom is 0.163 e. The molecule has 0 aromatic rings. The number of fused-ring (bicyclic) bond motifs is 1. The van der Waals surface area contributed by atoms with Gasteiger partial charge in [-0.15, -0.1) is 0 Å². The molecule has 2 fully saturated rings. The first-order chi connectivity index (χ1) is 5.17. The second-order valence-electron chi connectivity index (χ2n) is 3.58. The molecule has 2 aliphatic heterocycles. The van der Waals surface area contributed by atoms with E-state index >= 15 is 0 Å². The summed E-state index contributed by atoms with van der Waals surface area (Å²) in [4.78, 5) is 0. The van der Waals surface area contributed by atoms with Crippen LogP contribution in [0.4, 0.5) is 0 Å². The predicted molar refractivity (Wildman–Crippen MR) is 39.3 cm³/mol. The van der Waals surface area contributed by atoms with Crippen LogP contribution in [0.3, 0.4) is 0 Å². The number of hydrogen-bond acceptors (Lipinski definition) is 3. The van der Waals surface area contributed by atoms with Crippen LogP contribution in [0.1, 0.15) is 20.3 Å². The Labute approximate surface area is 66.6 Å². The number of ether oxygens (including phenoxy) is 3. The lowest BCUT2D eigenvalue weighted by Crippen LogP contribution is -2.33. The van der Waals surface area contributed by atoms with Crippen LogP contribution < -0.4 is 0 Å². The molecule has 2 atom stereocenters. The monoisotopic (exact) mass is 158 g/mol. The van der Waals surface area contributed by atoms with Gasteiger partial charge in [0.25, 0.3) is 0 Å². The number of hydrogen-bond donors (Lipinski definition) is 0. The van der Waals surface area contributed by atoms with E-state index in [1.165, 1.54) is 0 Å². The van der Waals surface area contributed by atoms with Crippen LogP contribution in [0.5, 0.6) is 0 Å². The first kappa shape index (κ1) is 7.53. The minimum atomic E-state index is -0.400. The molecule has 0 aliphatic carbocycles. The van der Waals surface area contributed by atoms with E-state index in [1.54, 1.807) is 0 Å². The van der Waals surface area contributed by atoms with Crippen LogP contribution in [0, 0.1) is 0 Å². The van der Waals surface area contributed by atoms with E-state index in [0.717, 1.165) is 13.0 Å². The third-order valence-corrected chi connectivity index (χ3v) is 2.11. The van der Waals surface area contributed by atoms with Crippen molar-refractivity contribution >= 4 is 0 Å². The fourth-order valence-corrected chi connectivity index (χ4v) is 1.69. The molecule has 0 spiro atoms. The maximum absolute atomic E-state index is 5.65. The third kappa shape index (κ3) is 1.41. The molecular formula is C8H14O3. The van der Waals surface area contributed by atoms with Gasteiger partial charge in [0.2, 0.25) is 0 Å². The SMILES string of the molecule is CC1(C)OC2CCOCC2O1. The summed E-state index contributed by atoms with van der Waals surface area (Å²) in [6.07, 6.45) is 1.39. The Hall–Kier alpha value is -0.120. The van der Waals surface area contributed by atoms with Gasteiger partial charge in [-0.25, -0.2) is 0 Å². The summed E-state index contributed by atoms with van der Waals surface area (Å²) in [7, 11) is 0. The van der Waals surface area contributed by atoms with E-state index < -0.39 is 5.79 Å². The summed E-state index contributed by atoms with van der Waals surface area (Å²) >= 11 is 0. The van der Waals surface area contributed by atoms with Crippen molar-refractivity contribution in [3.05, 3.63) is 0 Å². The quantitative estimate of drug-likeness (QED) is 0.525. The van der Waals surface area contributed by atoms with Gasteiger partial charge in [0.05, 0.1) is 12.7 Å². The van der Waals surface area contributed by atoms with Gasteiger partial charge in [-0.05, 0) is 20.3 Å². The Morgan fingerprint density at radius 2 is 1.91 bits per heavy atom. The van der Waals surface area contributed by atoms with Crippen LogP contribution >= 0.6 is 0 Å². The van der Waals surface area contributed by atoms with Crippen molar-refractivity contribution in [2.24, 2.45) is 0 Å². The lowest BCUT2D eigenvalue weighted by Gasteiger charge is -2.21. The minimum Gasteiger partial charge on any atom is -0.379 e. The fraction of sp³-hybridized carbons (Fsp3) is 1.00. The Bertz CT molecular complexity index is 139. The van der Waals surface area contributed by atoms with Crippen molar-refractivity contribution in [2.45, 2.75) is 38.3 Å². The van der Waals surface area contributed by atoms with Gasteiger partial charge in [-0.3, -0.25) is 0 Å². The van der Waals surface area contributed by atoms with Gasteiger partial charge in [0.15, 0.2) is 5.79 Å². The van der Waals surface area contributed by atoms with Crippen molar-refractivity contribution in [3.8, 4) is 0 Å². The van der Waals surface area contributed by atoms with Crippen molar-refractivity contribution in [1.82, 2.24) is 0 Å². The molecule has 0 aromatic carbocycles. The van der Waals surface area contributed by atoms with Crippen molar-refractivity contribution < 1.29 is 14.2 Å². The standard InChI is InChI=1S/C8H14O3/c1-8(2)10-6-3-4-9-5-7(6)11-8/h6-7H,3-5H2,1-2H3.